The summed E-state index contributed by atoms with van der Waals surface area (Å²) in [6.45, 7) is 6.36. The smallest absolute Gasteiger partial charge is 0.378 e. The Kier molecular flexibility index (Phi) is 5.40. The molecule has 1 heterocycles. The molecule has 0 radical (unpaired) electrons. The van der Waals surface area contributed by atoms with Gasteiger partial charge in [0.25, 0.3) is 0 Å². The van der Waals surface area contributed by atoms with Gasteiger partial charge in [-0.15, -0.1) is 0 Å². The first-order chi connectivity index (χ1) is 11.0. The van der Waals surface area contributed by atoms with Gasteiger partial charge in [-0.05, 0) is 19.8 Å². The molecule has 3 atom stereocenters. The Morgan fingerprint density at radius 3 is 2.46 bits per heavy atom. The lowest BCUT2D eigenvalue weighted by molar-refractivity contribution is -0.176. The summed E-state index contributed by atoms with van der Waals surface area (Å²) in [5, 5.41) is 6.64. The molecule has 1 aliphatic carbocycles. The summed E-state index contributed by atoms with van der Waals surface area (Å²) in [4.78, 5) is 5.66. The molecule has 0 spiro atoms. The monoisotopic (exact) mass is 350 g/mol. The van der Waals surface area contributed by atoms with E-state index in [1.165, 1.54) is 4.90 Å². The Morgan fingerprint density at radius 1 is 1.29 bits per heavy atom. The van der Waals surface area contributed by atoms with Gasteiger partial charge in [-0.1, -0.05) is 13.8 Å². The third-order valence-electron chi connectivity index (χ3n) is 5.83. The second-order valence-electron chi connectivity index (χ2n) is 7.61. The van der Waals surface area contributed by atoms with E-state index in [1.807, 2.05) is 0 Å². The van der Waals surface area contributed by atoms with Crippen molar-refractivity contribution in [3.05, 3.63) is 0 Å². The molecule has 2 fully saturated rings. The Hall–Kier alpha value is -1.02. The summed E-state index contributed by atoms with van der Waals surface area (Å²) in [6, 6.07) is 0.192. The van der Waals surface area contributed by atoms with Crippen LogP contribution in [0.2, 0.25) is 0 Å². The lowest BCUT2D eigenvalue weighted by Gasteiger charge is -2.59. The number of nitrogens with one attached hydrogen (secondary N) is 2. The highest BCUT2D eigenvalue weighted by atomic mass is 19.4. The number of rotatable bonds is 4. The molecule has 0 aromatic rings. The standard InChI is InChI=1S/C16H29F3N4O/c1-14(2)12(8-15(14,3)24-5)22-13(20-4)21-11-6-7-23(9-11)10-16(17,18)19/h11-12H,6-10H2,1-5H3,(H2,20,21,22). The Balaban J connectivity index is 1.85. The van der Waals surface area contributed by atoms with E-state index < -0.39 is 12.7 Å². The maximum atomic E-state index is 12.5. The summed E-state index contributed by atoms with van der Waals surface area (Å²) in [5.74, 6) is 0.644. The summed E-state index contributed by atoms with van der Waals surface area (Å²) in [5.41, 5.74) is -0.238. The van der Waals surface area contributed by atoms with Crippen LogP contribution in [0.4, 0.5) is 13.2 Å². The van der Waals surface area contributed by atoms with Crippen LogP contribution in [0, 0.1) is 5.41 Å². The molecule has 3 unspecified atom stereocenters. The van der Waals surface area contributed by atoms with Gasteiger partial charge in [0, 0.05) is 44.7 Å². The number of alkyl halides is 3. The maximum Gasteiger partial charge on any atom is 0.401 e. The van der Waals surface area contributed by atoms with Gasteiger partial charge in [0.15, 0.2) is 5.96 Å². The molecular formula is C16H29F3N4O. The largest absolute Gasteiger partial charge is 0.401 e. The van der Waals surface area contributed by atoms with E-state index in [1.54, 1.807) is 14.2 Å². The average molecular weight is 350 g/mol. The van der Waals surface area contributed by atoms with Crippen LogP contribution in [0.5, 0.6) is 0 Å². The third kappa shape index (κ3) is 3.96. The van der Waals surface area contributed by atoms with Crippen LogP contribution in [-0.2, 0) is 4.74 Å². The summed E-state index contributed by atoms with van der Waals surface area (Å²) in [6.07, 6.45) is -2.60. The van der Waals surface area contributed by atoms with Crippen molar-refractivity contribution in [2.45, 2.75) is 57.5 Å². The van der Waals surface area contributed by atoms with E-state index in [0.29, 0.717) is 25.5 Å². The van der Waals surface area contributed by atoms with Crippen molar-refractivity contribution in [1.82, 2.24) is 15.5 Å². The first-order valence-corrected chi connectivity index (χ1v) is 8.35. The lowest BCUT2D eigenvalue weighted by atomic mass is 9.56. The number of nitrogens with zero attached hydrogens (tertiary/aromatic N) is 2. The highest BCUT2D eigenvalue weighted by Crippen LogP contribution is 2.51. The predicted molar refractivity (Wildman–Crippen MR) is 88.1 cm³/mol. The van der Waals surface area contributed by atoms with Crippen LogP contribution in [0.25, 0.3) is 0 Å². The van der Waals surface area contributed by atoms with Crippen molar-refractivity contribution in [3.63, 3.8) is 0 Å². The van der Waals surface area contributed by atoms with E-state index in [4.69, 9.17) is 4.74 Å². The quantitative estimate of drug-likeness (QED) is 0.601. The fourth-order valence-corrected chi connectivity index (χ4v) is 3.60. The van der Waals surface area contributed by atoms with Crippen LogP contribution in [0.3, 0.4) is 0 Å². The van der Waals surface area contributed by atoms with Crippen molar-refractivity contribution in [2.75, 3.05) is 33.8 Å². The van der Waals surface area contributed by atoms with Gasteiger partial charge in [-0.25, -0.2) is 0 Å². The van der Waals surface area contributed by atoms with Crippen LogP contribution >= 0.6 is 0 Å². The molecule has 1 aliphatic heterocycles. The molecule has 2 N–H and O–H groups in total. The molecule has 2 aliphatic rings. The maximum absolute atomic E-state index is 12.5. The molecule has 8 heteroatoms. The second kappa shape index (κ2) is 6.71. The minimum Gasteiger partial charge on any atom is -0.378 e. The number of guanidine groups is 1. The minimum atomic E-state index is -4.14. The van der Waals surface area contributed by atoms with E-state index in [-0.39, 0.29) is 23.1 Å². The number of aliphatic imine (C=N–C) groups is 1. The average Bonchev–Trinajstić information content (AvgIpc) is 2.90. The van der Waals surface area contributed by atoms with Crippen molar-refractivity contribution < 1.29 is 17.9 Å². The lowest BCUT2D eigenvalue weighted by Crippen LogP contribution is -2.69. The molecule has 5 nitrogen and oxygen atoms in total. The first-order valence-electron chi connectivity index (χ1n) is 8.35. The van der Waals surface area contributed by atoms with Gasteiger partial charge in [0.05, 0.1) is 12.1 Å². The van der Waals surface area contributed by atoms with E-state index in [0.717, 1.165) is 6.42 Å². The molecule has 1 saturated carbocycles. The van der Waals surface area contributed by atoms with E-state index >= 15 is 0 Å². The van der Waals surface area contributed by atoms with Crippen molar-refractivity contribution >= 4 is 5.96 Å². The molecule has 0 aromatic heterocycles. The molecule has 0 bridgehead atoms. The van der Waals surface area contributed by atoms with Crippen LogP contribution in [-0.4, -0.2) is 68.5 Å². The highest BCUT2D eigenvalue weighted by Gasteiger charge is 2.58. The third-order valence-corrected chi connectivity index (χ3v) is 5.83. The van der Waals surface area contributed by atoms with Gasteiger partial charge in [0.1, 0.15) is 0 Å². The zero-order valence-electron chi connectivity index (χ0n) is 15.1. The zero-order valence-corrected chi connectivity index (χ0v) is 15.1. The number of hydrogen-bond acceptors (Lipinski definition) is 3. The van der Waals surface area contributed by atoms with Crippen molar-refractivity contribution in [3.8, 4) is 0 Å². The Morgan fingerprint density at radius 2 is 1.96 bits per heavy atom. The molecule has 0 amide bonds. The summed E-state index contributed by atoms with van der Waals surface area (Å²) < 4.78 is 43.0. The minimum absolute atomic E-state index is 0.0180. The van der Waals surface area contributed by atoms with Gasteiger partial charge in [0.2, 0.25) is 0 Å². The second-order valence-corrected chi connectivity index (χ2v) is 7.61. The fourth-order valence-electron chi connectivity index (χ4n) is 3.60. The topological polar surface area (TPSA) is 48.9 Å². The Labute approximate surface area is 142 Å². The van der Waals surface area contributed by atoms with Gasteiger partial charge >= 0.3 is 6.18 Å². The van der Waals surface area contributed by atoms with E-state index in [2.05, 4.69) is 36.4 Å². The van der Waals surface area contributed by atoms with Crippen LogP contribution < -0.4 is 10.6 Å². The normalized spacial score (nSPS) is 34.1. The predicted octanol–water partition coefficient (Wildman–Crippen LogP) is 1.99. The molecule has 140 valence electrons. The van der Waals surface area contributed by atoms with Crippen LogP contribution in [0.1, 0.15) is 33.6 Å². The van der Waals surface area contributed by atoms with Crippen LogP contribution in [0.15, 0.2) is 4.99 Å². The number of likely N-dealkylation sites (tertiary alicyclic amines) is 1. The van der Waals surface area contributed by atoms with Gasteiger partial charge in [-0.2, -0.15) is 13.2 Å². The summed E-state index contributed by atoms with van der Waals surface area (Å²) in [7, 11) is 3.40. The number of methoxy groups -OCH3 is 1. The zero-order chi connectivity index (χ0) is 18.2. The van der Waals surface area contributed by atoms with Crippen molar-refractivity contribution in [1.29, 1.82) is 0 Å². The molecule has 0 aromatic carbocycles. The summed E-state index contributed by atoms with van der Waals surface area (Å²) >= 11 is 0. The number of halogens is 3. The molecule has 24 heavy (non-hydrogen) atoms. The highest BCUT2D eigenvalue weighted by molar-refractivity contribution is 5.80. The molecule has 2 rings (SSSR count). The fraction of sp³-hybridized carbons (Fsp3) is 0.938. The SMILES string of the molecule is CN=C(NC1CCN(CC(F)(F)F)C1)NC1CC(C)(OC)C1(C)C. The number of ether oxygens (including phenoxy) is 1. The van der Waals surface area contributed by atoms with Crippen molar-refractivity contribution in [2.24, 2.45) is 10.4 Å². The number of hydrogen-bond donors (Lipinski definition) is 2. The molecule has 1 saturated heterocycles. The van der Waals surface area contributed by atoms with Gasteiger partial charge < -0.3 is 15.4 Å². The first kappa shape index (κ1) is 19.3. The van der Waals surface area contributed by atoms with E-state index in [9.17, 15) is 13.2 Å². The molecular weight excluding hydrogens is 321 g/mol. The Bertz CT molecular complexity index is 480. The van der Waals surface area contributed by atoms with Gasteiger partial charge in [-0.3, -0.25) is 9.89 Å².